The van der Waals surface area contributed by atoms with Gasteiger partial charge in [-0.25, -0.2) is 4.98 Å². The van der Waals surface area contributed by atoms with E-state index in [0.717, 1.165) is 22.7 Å². The van der Waals surface area contributed by atoms with Crippen LogP contribution >= 0.6 is 0 Å². The van der Waals surface area contributed by atoms with Gasteiger partial charge in [-0.2, -0.15) is 0 Å². The number of aromatic nitrogens is 3. The third-order valence-corrected chi connectivity index (χ3v) is 5.29. The summed E-state index contributed by atoms with van der Waals surface area (Å²) in [5, 5.41) is 6.11. The summed E-state index contributed by atoms with van der Waals surface area (Å²) in [6.07, 6.45) is 1.54. The van der Waals surface area contributed by atoms with Crippen molar-refractivity contribution in [3.8, 4) is 11.5 Å². The molecule has 4 aromatic rings. The fourth-order valence-corrected chi connectivity index (χ4v) is 3.47. The summed E-state index contributed by atoms with van der Waals surface area (Å²) in [7, 11) is 1.97. The first-order valence-corrected chi connectivity index (χ1v) is 10.9. The fraction of sp³-hybridized carbons (Fsp3) is 0.240. The highest BCUT2D eigenvalue weighted by Crippen LogP contribution is 2.28. The van der Waals surface area contributed by atoms with E-state index in [1.807, 2.05) is 41.9 Å². The number of amides is 1. The summed E-state index contributed by atoms with van der Waals surface area (Å²) in [4.78, 5) is 21.0. The second kappa shape index (κ2) is 9.70. The number of imidazole rings is 1. The number of ether oxygens (including phenoxy) is 1. The van der Waals surface area contributed by atoms with E-state index in [1.165, 1.54) is 5.56 Å². The van der Waals surface area contributed by atoms with E-state index in [1.54, 1.807) is 18.3 Å². The van der Waals surface area contributed by atoms with Crippen LogP contribution in [0.3, 0.4) is 0 Å². The highest BCUT2D eigenvalue weighted by molar-refractivity contribution is 5.92. The molecule has 0 bridgehead atoms. The Morgan fingerprint density at radius 3 is 2.73 bits per heavy atom. The van der Waals surface area contributed by atoms with Crippen LogP contribution in [-0.4, -0.2) is 33.5 Å². The number of carbonyl (C=O) groups excluding carboxylic acids is 1. The molecule has 2 aromatic heterocycles. The Bertz CT molecular complexity index is 1280. The van der Waals surface area contributed by atoms with Crippen LogP contribution in [0.1, 0.15) is 35.8 Å². The molecular formula is C25H28N6O2. The number of fused-ring (bicyclic) bond motifs is 1. The smallest absolute Gasteiger partial charge is 0.270 e. The van der Waals surface area contributed by atoms with E-state index in [9.17, 15) is 4.79 Å². The molecule has 0 aliphatic carbocycles. The second-order valence-electron chi connectivity index (χ2n) is 8.07. The largest absolute Gasteiger partial charge is 0.457 e. The van der Waals surface area contributed by atoms with Crippen molar-refractivity contribution in [2.75, 3.05) is 18.4 Å². The standard InChI is InChI=1S/C25H28N6O2/c1-16(2)17-5-4-6-18(13-17)29-25-30-21-14-19(7-8-23(21)31(25)3)33-20-9-11-27-22(15-20)24(32)28-12-10-26/h4-9,11,13-16H,10,12,26H2,1-3H3,(H,28,32)(H,29,30). The molecule has 4 rings (SSSR count). The molecule has 0 spiro atoms. The number of aryl methyl sites for hydroxylation is 1. The first kappa shape index (κ1) is 22.3. The Kier molecular flexibility index (Phi) is 6.55. The van der Waals surface area contributed by atoms with Gasteiger partial charge in [-0.15, -0.1) is 0 Å². The molecule has 8 heteroatoms. The normalized spacial score (nSPS) is 11.1. The number of pyridine rings is 1. The van der Waals surface area contributed by atoms with Gasteiger partial charge in [-0.3, -0.25) is 9.78 Å². The third-order valence-electron chi connectivity index (χ3n) is 5.29. The zero-order chi connectivity index (χ0) is 23.4. The number of hydrogen-bond donors (Lipinski definition) is 3. The van der Waals surface area contributed by atoms with Gasteiger partial charge < -0.3 is 25.7 Å². The number of anilines is 2. The highest BCUT2D eigenvalue weighted by atomic mass is 16.5. The predicted octanol–water partition coefficient (Wildman–Crippen LogP) is 4.32. The summed E-state index contributed by atoms with van der Waals surface area (Å²) in [6, 6.07) is 17.4. The maximum absolute atomic E-state index is 12.1. The highest BCUT2D eigenvalue weighted by Gasteiger charge is 2.12. The van der Waals surface area contributed by atoms with Gasteiger partial charge in [0.15, 0.2) is 0 Å². The zero-order valence-electron chi connectivity index (χ0n) is 19.0. The van der Waals surface area contributed by atoms with Crippen molar-refractivity contribution in [1.82, 2.24) is 19.9 Å². The lowest BCUT2D eigenvalue weighted by atomic mass is 10.0. The van der Waals surface area contributed by atoms with Gasteiger partial charge in [-0.1, -0.05) is 26.0 Å². The van der Waals surface area contributed by atoms with Crippen molar-refractivity contribution in [3.05, 3.63) is 72.1 Å². The van der Waals surface area contributed by atoms with Gasteiger partial charge in [0.1, 0.15) is 17.2 Å². The molecule has 4 N–H and O–H groups in total. The molecule has 2 heterocycles. The summed E-state index contributed by atoms with van der Waals surface area (Å²) in [5.41, 5.74) is 9.74. The van der Waals surface area contributed by atoms with Crippen LogP contribution in [0.4, 0.5) is 11.6 Å². The zero-order valence-corrected chi connectivity index (χ0v) is 19.0. The van der Waals surface area contributed by atoms with E-state index in [0.29, 0.717) is 30.5 Å². The van der Waals surface area contributed by atoms with Crippen molar-refractivity contribution < 1.29 is 9.53 Å². The monoisotopic (exact) mass is 444 g/mol. The lowest BCUT2D eigenvalue weighted by Gasteiger charge is -2.10. The summed E-state index contributed by atoms with van der Waals surface area (Å²) < 4.78 is 7.98. The summed E-state index contributed by atoms with van der Waals surface area (Å²) >= 11 is 0. The Morgan fingerprint density at radius 2 is 1.94 bits per heavy atom. The molecular weight excluding hydrogens is 416 g/mol. The van der Waals surface area contributed by atoms with E-state index < -0.39 is 0 Å². The minimum atomic E-state index is -0.289. The Hall–Kier alpha value is -3.91. The van der Waals surface area contributed by atoms with Crippen LogP contribution in [0, 0.1) is 0 Å². The molecule has 0 aliphatic rings. The lowest BCUT2D eigenvalue weighted by molar-refractivity contribution is 0.0949. The topological polar surface area (TPSA) is 107 Å². The molecule has 8 nitrogen and oxygen atoms in total. The number of nitrogens with zero attached hydrogens (tertiary/aromatic N) is 3. The molecule has 33 heavy (non-hydrogen) atoms. The fourth-order valence-electron chi connectivity index (χ4n) is 3.47. The SMILES string of the molecule is CC(C)c1cccc(Nc2nc3cc(Oc4ccnc(C(=O)NCCN)c4)ccc3n2C)c1. The van der Waals surface area contributed by atoms with E-state index in [2.05, 4.69) is 41.6 Å². The second-order valence-corrected chi connectivity index (χ2v) is 8.07. The Morgan fingerprint density at radius 1 is 1.12 bits per heavy atom. The first-order valence-electron chi connectivity index (χ1n) is 10.9. The van der Waals surface area contributed by atoms with Crippen LogP contribution in [0.2, 0.25) is 0 Å². The number of rotatable bonds is 8. The minimum Gasteiger partial charge on any atom is -0.457 e. The van der Waals surface area contributed by atoms with Gasteiger partial charge in [0.2, 0.25) is 5.95 Å². The molecule has 0 aliphatic heterocycles. The van der Waals surface area contributed by atoms with Gasteiger partial charge in [-0.05, 0) is 41.8 Å². The first-order chi connectivity index (χ1) is 15.9. The van der Waals surface area contributed by atoms with E-state index >= 15 is 0 Å². The van der Waals surface area contributed by atoms with Crippen LogP contribution in [0.15, 0.2) is 60.8 Å². The van der Waals surface area contributed by atoms with Crippen LogP contribution in [0.5, 0.6) is 11.5 Å². The average molecular weight is 445 g/mol. The van der Waals surface area contributed by atoms with Crippen molar-refractivity contribution in [3.63, 3.8) is 0 Å². The number of nitrogens with two attached hydrogens (primary N) is 1. The molecule has 0 saturated carbocycles. The van der Waals surface area contributed by atoms with Crippen molar-refractivity contribution in [2.45, 2.75) is 19.8 Å². The third kappa shape index (κ3) is 5.12. The van der Waals surface area contributed by atoms with E-state index in [-0.39, 0.29) is 11.6 Å². The molecule has 1 amide bonds. The number of hydrogen-bond acceptors (Lipinski definition) is 6. The van der Waals surface area contributed by atoms with Gasteiger partial charge in [0.25, 0.3) is 5.91 Å². The summed E-state index contributed by atoms with van der Waals surface area (Å²) in [5.74, 6) is 2.04. The molecule has 2 aromatic carbocycles. The molecule has 0 unspecified atom stereocenters. The maximum Gasteiger partial charge on any atom is 0.270 e. The number of benzene rings is 2. The van der Waals surface area contributed by atoms with Crippen LogP contribution in [-0.2, 0) is 7.05 Å². The number of carbonyl (C=O) groups is 1. The van der Waals surface area contributed by atoms with Gasteiger partial charge in [0.05, 0.1) is 11.0 Å². The molecule has 0 atom stereocenters. The van der Waals surface area contributed by atoms with Gasteiger partial charge >= 0.3 is 0 Å². The van der Waals surface area contributed by atoms with Crippen LogP contribution < -0.4 is 21.1 Å². The molecule has 170 valence electrons. The van der Waals surface area contributed by atoms with Crippen molar-refractivity contribution >= 4 is 28.6 Å². The predicted molar refractivity (Wildman–Crippen MR) is 130 cm³/mol. The molecule has 0 radical (unpaired) electrons. The Balaban J connectivity index is 1.55. The Labute approximate surface area is 192 Å². The summed E-state index contributed by atoms with van der Waals surface area (Å²) in [6.45, 7) is 5.11. The van der Waals surface area contributed by atoms with Crippen molar-refractivity contribution in [2.24, 2.45) is 12.8 Å². The quantitative estimate of drug-likeness (QED) is 0.374. The average Bonchev–Trinajstić information content (AvgIpc) is 3.12. The molecule has 0 saturated heterocycles. The van der Waals surface area contributed by atoms with Crippen LogP contribution in [0.25, 0.3) is 11.0 Å². The lowest BCUT2D eigenvalue weighted by Crippen LogP contribution is -2.29. The van der Waals surface area contributed by atoms with Gasteiger partial charge in [0, 0.05) is 44.2 Å². The van der Waals surface area contributed by atoms with E-state index in [4.69, 9.17) is 15.5 Å². The maximum atomic E-state index is 12.1. The number of nitrogens with one attached hydrogen (secondary N) is 2. The molecule has 0 fully saturated rings. The van der Waals surface area contributed by atoms with Crippen molar-refractivity contribution in [1.29, 1.82) is 0 Å². The minimum absolute atomic E-state index is 0.273.